The van der Waals surface area contributed by atoms with E-state index in [4.69, 9.17) is 9.47 Å². The van der Waals surface area contributed by atoms with Crippen molar-refractivity contribution in [3.8, 4) is 33.4 Å². The molecular formula is C28H19BrO4S. The maximum absolute atomic E-state index is 13.2. The van der Waals surface area contributed by atoms with Crippen molar-refractivity contribution < 1.29 is 19.1 Å². The molecule has 0 saturated heterocycles. The van der Waals surface area contributed by atoms with E-state index < -0.39 is 11.9 Å². The molecule has 0 fully saturated rings. The molecule has 0 radical (unpaired) electrons. The molecule has 0 aliphatic carbocycles. The predicted molar refractivity (Wildman–Crippen MR) is 137 cm³/mol. The van der Waals surface area contributed by atoms with Crippen LogP contribution in [0.3, 0.4) is 0 Å². The van der Waals surface area contributed by atoms with Crippen molar-refractivity contribution in [2.75, 3.05) is 14.2 Å². The first-order valence-corrected chi connectivity index (χ1v) is 12.1. The maximum atomic E-state index is 13.2. The van der Waals surface area contributed by atoms with E-state index in [9.17, 15) is 9.59 Å². The molecule has 4 aromatic rings. The molecular weight excluding hydrogens is 512 g/mol. The first kappa shape index (κ1) is 22.4. The number of fused-ring (bicyclic) bond motifs is 5. The molecule has 0 N–H and O–H groups in total. The Morgan fingerprint density at radius 1 is 0.706 bits per heavy atom. The number of carbonyl (C=O) groups is 2. The fourth-order valence-electron chi connectivity index (χ4n) is 4.35. The number of halogens is 1. The molecule has 0 amide bonds. The Morgan fingerprint density at radius 2 is 1.35 bits per heavy atom. The van der Waals surface area contributed by atoms with Crippen molar-refractivity contribution in [3.05, 3.63) is 94.5 Å². The summed E-state index contributed by atoms with van der Waals surface area (Å²) in [6.07, 6.45) is 0. The van der Waals surface area contributed by atoms with Crippen LogP contribution in [0.15, 0.2) is 93.1 Å². The topological polar surface area (TPSA) is 52.6 Å². The standard InChI is InChI=1S/C28H19BrO4S/c1-32-27(30)21-15-20-18-10-3-5-12-22(18)34-23-13-6-4-11-19(23)25(20)24(26(21)28(31)33-2)16-8-7-9-17(29)14-16/h3-15H,1-2H3. The minimum absolute atomic E-state index is 0.169. The normalized spacial score (nSPS) is 11.5. The van der Waals surface area contributed by atoms with Crippen LogP contribution in [-0.2, 0) is 9.47 Å². The molecule has 0 bridgehead atoms. The monoisotopic (exact) mass is 530 g/mol. The molecule has 34 heavy (non-hydrogen) atoms. The van der Waals surface area contributed by atoms with Crippen LogP contribution in [0.25, 0.3) is 33.4 Å². The molecule has 6 heteroatoms. The van der Waals surface area contributed by atoms with Crippen molar-refractivity contribution in [1.29, 1.82) is 0 Å². The van der Waals surface area contributed by atoms with Gasteiger partial charge in [0.05, 0.1) is 25.3 Å². The van der Waals surface area contributed by atoms with Gasteiger partial charge in [0.25, 0.3) is 0 Å². The van der Waals surface area contributed by atoms with Crippen LogP contribution in [-0.4, -0.2) is 26.2 Å². The first-order chi connectivity index (χ1) is 16.5. The summed E-state index contributed by atoms with van der Waals surface area (Å²) in [5.41, 5.74) is 5.47. The molecule has 1 aliphatic heterocycles. The third-order valence-corrected chi connectivity index (χ3v) is 7.43. The third kappa shape index (κ3) is 3.73. The lowest BCUT2D eigenvalue weighted by molar-refractivity contribution is 0.0556. The zero-order chi connectivity index (χ0) is 23.8. The van der Waals surface area contributed by atoms with Crippen molar-refractivity contribution >= 4 is 39.6 Å². The van der Waals surface area contributed by atoms with Gasteiger partial charge in [-0.1, -0.05) is 76.2 Å². The number of esters is 2. The summed E-state index contributed by atoms with van der Waals surface area (Å²) in [7, 11) is 2.63. The lowest BCUT2D eigenvalue weighted by Crippen LogP contribution is -2.15. The Hall–Kier alpha value is -3.35. The van der Waals surface area contributed by atoms with E-state index in [1.165, 1.54) is 14.2 Å². The number of benzene rings is 4. The number of hydrogen-bond donors (Lipinski definition) is 0. The highest BCUT2D eigenvalue weighted by atomic mass is 79.9. The summed E-state index contributed by atoms with van der Waals surface area (Å²) in [5.74, 6) is -1.19. The van der Waals surface area contributed by atoms with Gasteiger partial charge in [-0.15, -0.1) is 0 Å². The van der Waals surface area contributed by atoms with Gasteiger partial charge in [-0.2, -0.15) is 0 Å². The van der Waals surface area contributed by atoms with E-state index in [0.717, 1.165) is 42.1 Å². The number of methoxy groups -OCH3 is 2. The highest BCUT2D eigenvalue weighted by molar-refractivity contribution is 9.10. The van der Waals surface area contributed by atoms with E-state index in [2.05, 4.69) is 28.1 Å². The summed E-state index contributed by atoms with van der Waals surface area (Å²) < 4.78 is 11.1. The summed E-state index contributed by atoms with van der Waals surface area (Å²) in [5, 5.41) is 0. The molecule has 5 rings (SSSR count). The lowest BCUT2D eigenvalue weighted by Gasteiger charge is -2.21. The zero-order valence-electron chi connectivity index (χ0n) is 18.4. The fourth-order valence-corrected chi connectivity index (χ4v) is 5.85. The smallest absolute Gasteiger partial charge is 0.339 e. The Kier molecular flexibility index (Phi) is 6.02. The molecule has 0 aromatic heterocycles. The SMILES string of the molecule is COC(=O)c1cc2c(c(-c3cccc(Br)c3)c1C(=O)OC)-c1ccccc1Sc1ccccc1-2. The second-order valence-electron chi connectivity index (χ2n) is 7.68. The first-order valence-electron chi connectivity index (χ1n) is 10.5. The van der Waals surface area contributed by atoms with Gasteiger partial charge in [0, 0.05) is 19.8 Å². The zero-order valence-corrected chi connectivity index (χ0v) is 20.8. The third-order valence-electron chi connectivity index (χ3n) is 5.79. The lowest BCUT2D eigenvalue weighted by atomic mass is 9.82. The second kappa shape index (κ2) is 9.12. The average molecular weight is 531 g/mol. The minimum atomic E-state index is -0.596. The van der Waals surface area contributed by atoms with Crippen LogP contribution in [0.5, 0.6) is 0 Å². The van der Waals surface area contributed by atoms with Gasteiger partial charge in [-0.3, -0.25) is 0 Å². The van der Waals surface area contributed by atoms with Crippen LogP contribution >= 0.6 is 27.7 Å². The van der Waals surface area contributed by atoms with Crippen LogP contribution in [0.1, 0.15) is 20.7 Å². The molecule has 1 heterocycles. The number of carbonyl (C=O) groups excluding carboxylic acids is 2. The van der Waals surface area contributed by atoms with Crippen LogP contribution in [0, 0.1) is 0 Å². The molecule has 0 saturated carbocycles. The van der Waals surface area contributed by atoms with Crippen LogP contribution < -0.4 is 0 Å². The van der Waals surface area contributed by atoms with Gasteiger partial charge in [0.2, 0.25) is 0 Å². The van der Waals surface area contributed by atoms with Crippen molar-refractivity contribution in [2.45, 2.75) is 9.79 Å². The largest absolute Gasteiger partial charge is 0.465 e. The van der Waals surface area contributed by atoms with Gasteiger partial charge in [-0.25, -0.2) is 9.59 Å². The molecule has 0 atom stereocenters. The molecule has 168 valence electrons. The maximum Gasteiger partial charge on any atom is 0.339 e. The highest BCUT2D eigenvalue weighted by Crippen LogP contribution is 2.52. The van der Waals surface area contributed by atoms with Gasteiger partial charge >= 0.3 is 11.9 Å². The highest BCUT2D eigenvalue weighted by Gasteiger charge is 2.32. The van der Waals surface area contributed by atoms with Crippen molar-refractivity contribution in [3.63, 3.8) is 0 Å². The Morgan fingerprint density at radius 3 is 2.03 bits per heavy atom. The Labute approximate surface area is 210 Å². The molecule has 0 unspecified atom stereocenters. The van der Waals surface area contributed by atoms with Gasteiger partial charge in [0.1, 0.15) is 0 Å². The van der Waals surface area contributed by atoms with E-state index >= 15 is 0 Å². The van der Waals surface area contributed by atoms with Crippen molar-refractivity contribution in [2.24, 2.45) is 0 Å². The molecule has 0 spiro atoms. The quantitative estimate of drug-likeness (QED) is 0.226. The number of ether oxygens (including phenoxy) is 2. The van der Waals surface area contributed by atoms with Gasteiger partial charge < -0.3 is 9.47 Å². The van der Waals surface area contributed by atoms with Gasteiger partial charge in [-0.05, 0) is 58.1 Å². The molecule has 1 aliphatic rings. The molecule has 4 aromatic carbocycles. The van der Waals surface area contributed by atoms with Crippen LogP contribution in [0.4, 0.5) is 0 Å². The number of hydrogen-bond acceptors (Lipinski definition) is 5. The van der Waals surface area contributed by atoms with Crippen LogP contribution in [0.2, 0.25) is 0 Å². The minimum Gasteiger partial charge on any atom is -0.465 e. The van der Waals surface area contributed by atoms with E-state index in [1.807, 2.05) is 60.7 Å². The van der Waals surface area contributed by atoms with E-state index in [1.54, 1.807) is 17.8 Å². The number of rotatable bonds is 3. The Bertz CT molecular complexity index is 1460. The summed E-state index contributed by atoms with van der Waals surface area (Å²) >= 11 is 5.22. The summed E-state index contributed by atoms with van der Waals surface area (Å²) in [4.78, 5) is 28.3. The van der Waals surface area contributed by atoms with E-state index in [-0.39, 0.29) is 11.1 Å². The fraction of sp³-hybridized carbons (Fsp3) is 0.0714. The van der Waals surface area contributed by atoms with Gasteiger partial charge in [0.15, 0.2) is 0 Å². The summed E-state index contributed by atoms with van der Waals surface area (Å²) in [6.45, 7) is 0. The van der Waals surface area contributed by atoms with Crippen molar-refractivity contribution in [1.82, 2.24) is 0 Å². The molecule has 4 nitrogen and oxygen atoms in total. The average Bonchev–Trinajstić information content (AvgIpc) is 3.01. The summed E-state index contributed by atoms with van der Waals surface area (Å²) in [6, 6.07) is 25.6. The predicted octanol–water partition coefficient (Wildman–Crippen LogP) is 7.49. The Balaban J connectivity index is 2.04. The van der Waals surface area contributed by atoms with E-state index in [0.29, 0.717) is 5.56 Å². The second-order valence-corrected chi connectivity index (χ2v) is 9.68.